The monoisotopic (exact) mass is 422 g/mol. The molecule has 1 aromatic heterocycles. The number of anilines is 2. The van der Waals surface area contributed by atoms with Crippen molar-refractivity contribution >= 4 is 49.2 Å². The van der Waals surface area contributed by atoms with Gasteiger partial charge in [-0.25, -0.2) is 8.42 Å². The minimum absolute atomic E-state index is 0.434. The van der Waals surface area contributed by atoms with Gasteiger partial charge in [-0.2, -0.15) is 0 Å². The van der Waals surface area contributed by atoms with E-state index in [0.717, 1.165) is 32.5 Å². The predicted octanol–water partition coefficient (Wildman–Crippen LogP) is 4.69. The van der Waals surface area contributed by atoms with Crippen LogP contribution in [0.1, 0.15) is 12.5 Å². The molecule has 0 aliphatic heterocycles. The third kappa shape index (κ3) is 3.76. The lowest BCUT2D eigenvalue weighted by Crippen LogP contribution is -2.45. The zero-order valence-electron chi connectivity index (χ0n) is 16.9. The first-order valence-electron chi connectivity index (χ1n) is 9.52. The molecule has 0 bridgehead atoms. The van der Waals surface area contributed by atoms with Gasteiger partial charge in [0.25, 0.3) is 0 Å². The number of sulfonamides is 1. The maximum absolute atomic E-state index is 12.9. The number of fused-ring (bicyclic) bond motifs is 3. The number of rotatable bonds is 5. The molecule has 1 atom stereocenters. The fraction of sp³-hybridized carbons (Fsp3) is 0.174. The molecule has 1 N–H and O–H groups in total. The second-order valence-corrected chi connectivity index (χ2v) is 9.23. The number of hydrogen-bond donors (Lipinski definition) is 1. The van der Waals surface area contributed by atoms with Gasteiger partial charge in [0, 0.05) is 22.5 Å². The van der Waals surface area contributed by atoms with Crippen LogP contribution in [0.3, 0.4) is 0 Å². The van der Waals surface area contributed by atoms with Gasteiger partial charge in [-0.3, -0.25) is 9.10 Å². The third-order valence-corrected chi connectivity index (χ3v) is 6.26. The molecular formula is C23H22N2O4S. The highest BCUT2D eigenvalue weighted by Gasteiger charge is 2.29. The molecule has 0 saturated carbocycles. The number of carbonyl (C=O) groups is 1. The number of carbonyl (C=O) groups excluding carboxylic acids is 1. The third-order valence-electron chi connectivity index (χ3n) is 5.02. The van der Waals surface area contributed by atoms with Gasteiger partial charge in [-0.1, -0.05) is 35.9 Å². The van der Waals surface area contributed by atoms with Crippen molar-refractivity contribution in [3.63, 3.8) is 0 Å². The Morgan fingerprint density at radius 1 is 0.967 bits per heavy atom. The summed E-state index contributed by atoms with van der Waals surface area (Å²) in [6.07, 6.45) is 1.09. The van der Waals surface area contributed by atoms with Crippen molar-refractivity contribution in [3.8, 4) is 0 Å². The van der Waals surface area contributed by atoms with E-state index in [1.807, 2.05) is 49.4 Å². The Morgan fingerprint density at radius 3 is 2.33 bits per heavy atom. The van der Waals surface area contributed by atoms with Crippen LogP contribution in [-0.4, -0.2) is 26.6 Å². The Kier molecular flexibility index (Phi) is 4.99. The highest BCUT2D eigenvalue weighted by atomic mass is 32.2. The van der Waals surface area contributed by atoms with Gasteiger partial charge in [0.2, 0.25) is 15.9 Å². The van der Waals surface area contributed by atoms with Crippen LogP contribution in [0.15, 0.2) is 71.1 Å². The van der Waals surface area contributed by atoms with Crippen LogP contribution in [0.25, 0.3) is 21.9 Å². The maximum Gasteiger partial charge on any atom is 0.247 e. The molecule has 6 nitrogen and oxygen atoms in total. The fourth-order valence-corrected chi connectivity index (χ4v) is 4.73. The van der Waals surface area contributed by atoms with Crippen molar-refractivity contribution in [1.82, 2.24) is 0 Å². The van der Waals surface area contributed by atoms with Crippen LogP contribution >= 0.6 is 0 Å². The lowest BCUT2D eigenvalue weighted by molar-refractivity contribution is -0.116. The summed E-state index contributed by atoms with van der Waals surface area (Å²) < 4.78 is 31.8. The minimum Gasteiger partial charge on any atom is -0.456 e. The van der Waals surface area contributed by atoms with Crippen molar-refractivity contribution < 1.29 is 17.6 Å². The first-order chi connectivity index (χ1) is 14.2. The molecule has 0 aliphatic carbocycles. The molecule has 154 valence electrons. The zero-order chi connectivity index (χ0) is 21.5. The van der Waals surface area contributed by atoms with Gasteiger partial charge in [0.15, 0.2) is 0 Å². The number of amides is 1. The predicted molar refractivity (Wildman–Crippen MR) is 120 cm³/mol. The second-order valence-electron chi connectivity index (χ2n) is 7.37. The summed E-state index contributed by atoms with van der Waals surface area (Å²) >= 11 is 0. The molecular weight excluding hydrogens is 400 g/mol. The first kappa shape index (κ1) is 20.0. The van der Waals surface area contributed by atoms with E-state index in [2.05, 4.69) is 5.32 Å². The SMILES string of the molecule is Cc1ccc(N([C@@H](C)C(=O)Nc2ccc3c(c2)oc2ccccc23)S(C)(=O)=O)cc1. The number of nitrogens with zero attached hydrogens (tertiary/aromatic N) is 1. The molecule has 1 heterocycles. The summed E-state index contributed by atoms with van der Waals surface area (Å²) in [6.45, 7) is 3.48. The van der Waals surface area contributed by atoms with Crippen molar-refractivity contribution in [2.24, 2.45) is 0 Å². The van der Waals surface area contributed by atoms with Crippen LogP contribution in [-0.2, 0) is 14.8 Å². The smallest absolute Gasteiger partial charge is 0.247 e. The Bertz CT molecular complexity index is 1340. The molecule has 30 heavy (non-hydrogen) atoms. The highest BCUT2D eigenvalue weighted by Crippen LogP contribution is 2.30. The van der Waals surface area contributed by atoms with Gasteiger partial charge >= 0.3 is 0 Å². The average Bonchev–Trinajstić information content (AvgIpc) is 3.06. The molecule has 1 amide bonds. The van der Waals surface area contributed by atoms with Gasteiger partial charge < -0.3 is 9.73 Å². The van der Waals surface area contributed by atoms with Crippen molar-refractivity contribution in [2.75, 3.05) is 15.9 Å². The van der Waals surface area contributed by atoms with E-state index in [-0.39, 0.29) is 0 Å². The lowest BCUT2D eigenvalue weighted by Gasteiger charge is -2.28. The van der Waals surface area contributed by atoms with Gasteiger partial charge in [-0.15, -0.1) is 0 Å². The molecule has 0 saturated heterocycles. The average molecular weight is 423 g/mol. The van der Waals surface area contributed by atoms with Gasteiger partial charge in [0.05, 0.1) is 11.9 Å². The highest BCUT2D eigenvalue weighted by molar-refractivity contribution is 7.92. The number of furan rings is 1. The van der Waals surface area contributed by atoms with E-state index in [0.29, 0.717) is 17.0 Å². The van der Waals surface area contributed by atoms with Crippen LogP contribution in [0, 0.1) is 6.92 Å². The Hall–Kier alpha value is -3.32. The van der Waals surface area contributed by atoms with Crippen LogP contribution in [0.2, 0.25) is 0 Å². The first-order valence-corrected chi connectivity index (χ1v) is 11.4. The summed E-state index contributed by atoms with van der Waals surface area (Å²) in [4.78, 5) is 12.9. The molecule has 0 spiro atoms. The second kappa shape index (κ2) is 7.50. The van der Waals surface area contributed by atoms with Gasteiger partial charge in [-0.05, 0) is 44.2 Å². The molecule has 3 aromatic carbocycles. The molecule has 0 unspecified atom stereocenters. The summed E-state index contributed by atoms with van der Waals surface area (Å²) in [6, 6.07) is 19.2. The van der Waals surface area contributed by atoms with Crippen LogP contribution in [0.5, 0.6) is 0 Å². The quantitative estimate of drug-likeness (QED) is 0.506. The largest absolute Gasteiger partial charge is 0.456 e. The molecule has 4 aromatic rings. The van der Waals surface area contributed by atoms with Crippen molar-refractivity contribution in [1.29, 1.82) is 0 Å². The summed E-state index contributed by atoms with van der Waals surface area (Å²) in [7, 11) is -3.67. The topological polar surface area (TPSA) is 79.6 Å². The molecule has 7 heteroatoms. The van der Waals surface area contributed by atoms with E-state index in [9.17, 15) is 13.2 Å². The fourth-order valence-electron chi connectivity index (χ4n) is 3.55. The van der Waals surface area contributed by atoms with Crippen molar-refractivity contribution in [3.05, 3.63) is 72.3 Å². The van der Waals surface area contributed by atoms with Crippen molar-refractivity contribution in [2.45, 2.75) is 19.9 Å². The molecule has 0 radical (unpaired) electrons. The number of nitrogens with one attached hydrogen (secondary N) is 1. The van der Waals surface area contributed by atoms with E-state index in [4.69, 9.17) is 4.42 Å². The van der Waals surface area contributed by atoms with Crippen LogP contribution < -0.4 is 9.62 Å². The number of para-hydroxylation sites is 1. The standard InChI is InChI=1S/C23H22N2O4S/c1-15-8-11-18(12-9-15)25(30(3,27)28)16(2)23(26)24-17-10-13-20-19-6-4-5-7-21(19)29-22(20)14-17/h4-14,16H,1-3H3,(H,24,26)/t16-/m0/s1. The van der Waals surface area contributed by atoms with Gasteiger partial charge in [0.1, 0.15) is 17.2 Å². The zero-order valence-corrected chi connectivity index (χ0v) is 17.7. The summed E-state index contributed by atoms with van der Waals surface area (Å²) in [5, 5.41) is 4.76. The van der Waals surface area contributed by atoms with E-state index in [1.54, 1.807) is 31.2 Å². The Morgan fingerprint density at radius 2 is 1.63 bits per heavy atom. The van der Waals surface area contributed by atoms with E-state index in [1.165, 1.54) is 0 Å². The number of aryl methyl sites for hydroxylation is 1. The Labute approximate surface area is 175 Å². The maximum atomic E-state index is 12.9. The normalized spacial score (nSPS) is 12.8. The molecule has 0 fully saturated rings. The van der Waals surface area contributed by atoms with E-state index < -0.39 is 22.0 Å². The summed E-state index contributed by atoms with van der Waals surface area (Å²) in [5.74, 6) is -0.434. The number of benzene rings is 3. The summed E-state index contributed by atoms with van der Waals surface area (Å²) in [5.41, 5.74) is 3.41. The Balaban J connectivity index is 1.62. The van der Waals surface area contributed by atoms with E-state index >= 15 is 0 Å². The molecule has 0 aliphatic rings. The number of hydrogen-bond acceptors (Lipinski definition) is 4. The minimum atomic E-state index is -3.67. The lowest BCUT2D eigenvalue weighted by atomic mass is 10.1. The molecule has 4 rings (SSSR count). The van der Waals surface area contributed by atoms with Crippen LogP contribution in [0.4, 0.5) is 11.4 Å².